The van der Waals surface area contributed by atoms with Crippen molar-refractivity contribution in [1.82, 2.24) is 4.98 Å². The fraction of sp³-hybridized carbons (Fsp3) is 0.118. The summed E-state index contributed by atoms with van der Waals surface area (Å²) in [6, 6.07) is 13.1. The van der Waals surface area contributed by atoms with Crippen LogP contribution >= 0.6 is 0 Å². The minimum absolute atomic E-state index is 0.0520. The zero-order valence-electron chi connectivity index (χ0n) is 11.4. The van der Waals surface area contributed by atoms with Gasteiger partial charge in [0.1, 0.15) is 5.75 Å². The van der Waals surface area contributed by atoms with Crippen LogP contribution in [0.2, 0.25) is 0 Å². The zero-order chi connectivity index (χ0) is 14.3. The standard InChI is InChI=1S/C17H15NO2/c1-10-8-9-11(2)15-13(10)16(19)14(17(20)18-15)12-6-4-3-5-7-12/h3-9H,1-2H3,(H2,18,19,20). The first-order chi connectivity index (χ1) is 9.59. The van der Waals surface area contributed by atoms with Gasteiger partial charge in [-0.15, -0.1) is 0 Å². The Balaban J connectivity index is 2.47. The highest BCUT2D eigenvalue weighted by Gasteiger charge is 2.15. The molecule has 3 rings (SSSR count). The lowest BCUT2D eigenvalue weighted by molar-refractivity contribution is 0.482. The second kappa shape index (κ2) is 4.53. The molecule has 1 heterocycles. The van der Waals surface area contributed by atoms with Crippen LogP contribution in [0, 0.1) is 13.8 Å². The summed E-state index contributed by atoms with van der Waals surface area (Å²) >= 11 is 0. The summed E-state index contributed by atoms with van der Waals surface area (Å²) in [4.78, 5) is 15.2. The van der Waals surface area contributed by atoms with Crippen LogP contribution in [0.3, 0.4) is 0 Å². The number of nitrogens with one attached hydrogen (secondary N) is 1. The molecule has 20 heavy (non-hydrogen) atoms. The minimum Gasteiger partial charge on any atom is -0.506 e. The van der Waals surface area contributed by atoms with Crippen LogP contribution < -0.4 is 5.56 Å². The Morgan fingerprint density at radius 3 is 2.30 bits per heavy atom. The molecule has 3 nitrogen and oxygen atoms in total. The monoisotopic (exact) mass is 265 g/mol. The normalized spacial score (nSPS) is 10.9. The van der Waals surface area contributed by atoms with Gasteiger partial charge in [-0.3, -0.25) is 4.79 Å². The van der Waals surface area contributed by atoms with Crippen molar-refractivity contribution in [3.63, 3.8) is 0 Å². The number of aromatic hydroxyl groups is 1. The van der Waals surface area contributed by atoms with Gasteiger partial charge in [0.2, 0.25) is 0 Å². The molecule has 100 valence electrons. The van der Waals surface area contributed by atoms with Gasteiger partial charge >= 0.3 is 0 Å². The molecule has 0 aliphatic rings. The van der Waals surface area contributed by atoms with Crippen LogP contribution in [-0.4, -0.2) is 10.1 Å². The van der Waals surface area contributed by atoms with E-state index in [2.05, 4.69) is 4.98 Å². The average Bonchev–Trinajstić information content (AvgIpc) is 2.44. The molecule has 1 aromatic heterocycles. The topological polar surface area (TPSA) is 53.1 Å². The number of pyridine rings is 1. The lowest BCUT2D eigenvalue weighted by atomic mass is 9.99. The van der Waals surface area contributed by atoms with Gasteiger partial charge in [-0.1, -0.05) is 42.5 Å². The van der Waals surface area contributed by atoms with Crippen molar-refractivity contribution in [3.8, 4) is 16.9 Å². The summed E-state index contributed by atoms with van der Waals surface area (Å²) in [5.74, 6) is 0.0520. The van der Waals surface area contributed by atoms with E-state index in [9.17, 15) is 9.90 Å². The van der Waals surface area contributed by atoms with Crippen LogP contribution in [0.15, 0.2) is 47.3 Å². The van der Waals surface area contributed by atoms with Crippen LogP contribution in [0.4, 0.5) is 0 Å². The van der Waals surface area contributed by atoms with Crippen LogP contribution in [0.5, 0.6) is 5.75 Å². The number of fused-ring (bicyclic) bond motifs is 1. The summed E-state index contributed by atoms with van der Waals surface area (Å²) in [5, 5.41) is 11.3. The smallest absolute Gasteiger partial charge is 0.260 e. The van der Waals surface area contributed by atoms with Gasteiger partial charge in [0, 0.05) is 5.39 Å². The highest BCUT2D eigenvalue weighted by Crippen LogP contribution is 2.34. The van der Waals surface area contributed by atoms with Gasteiger partial charge < -0.3 is 10.1 Å². The fourth-order valence-corrected chi connectivity index (χ4v) is 2.56. The highest BCUT2D eigenvalue weighted by atomic mass is 16.3. The Bertz CT molecular complexity index is 848. The molecular weight excluding hydrogens is 250 g/mol. The largest absolute Gasteiger partial charge is 0.506 e. The average molecular weight is 265 g/mol. The van der Waals surface area contributed by atoms with E-state index in [0.717, 1.165) is 11.1 Å². The van der Waals surface area contributed by atoms with Gasteiger partial charge in [-0.25, -0.2) is 0 Å². The Hall–Kier alpha value is -2.55. The van der Waals surface area contributed by atoms with Crippen LogP contribution in [0.25, 0.3) is 22.0 Å². The van der Waals surface area contributed by atoms with Gasteiger partial charge in [0.15, 0.2) is 0 Å². The Morgan fingerprint density at radius 1 is 0.950 bits per heavy atom. The molecule has 0 saturated carbocycles. The number of rotatable bonds is 1. The lowest BCUT2D eigenvalue weighted by Crippen LogP contribution is -2.10. The number of aryl methyl sites for hydroxylation is 2. The third-order valence-electron chi connectivity index (χ3n) is 3.62. The van der Waals surface area contributed by atoms with Gasteiger partial charge in [-0.2, -0.15) is 0 Å². The van der Waals surface area contributed by atoms with Crippen molar-refractivity contribution in [2.45, 2.75) is 13.8 Å². The summed E-state index contributed by atoms with van der Waals surface area (Å²) in [6.45, 7) is 3.84. The zero-order valence-corrected chi connectivity index (χ0v) is 11.4. The van der Waals surface area contributed by atoms with E-state index < -0.39 is 0 Å². The van der Waals surface area contributed by atoms with E-state index in [4.69, 9.17) is 0 Å². The maximum Gasteiger partial charge on any atom is 0.260 e. The first-order valence-electron chi connectivity index (χ1n) is 6.50. The lowest BCUT2D eigenvalue weighted by Gasteiger charge is -2.11. The van der Waals surface area contributed by atoms with Crippen molar-refractivity contribution in [1.29, 1.82) is 0 Å². The molecule has 0 unspecified atom stereocenters. The van der Waals surface area contributed by atoms with Crippen molar-refractivity contribution in [2.24, 2.45) is 0 Å². The maximum absolute atomic E-state index is 12.3. The number of hydrogen-bond donors (Lipinski definition) is 2. The predicted octanol–water partition coefficient (Wildman–Crippen LogP) is 3.52. The quantitative estimate of drug-likeness (QED) is 0.707. The van der Waals surface area contributed by atoms with Gasteiger partial charge in [0.05, 0.1) is 11.1 Å². The molecule has 0 aliphatic heterocycles. The summed E-state index contributed by atoms with van der Waals surface area (Å²) in [5.41, 5.74) is 3.36. The molecule has 0 fully saturated rings. The summed E-state index contributed by atoms with van der Waals surface area (Å²) in [6.07, 6.45) is 0. The molecule has 0 aliphatic carbocycles. The van der Waals surface area contributed by atoms with Crippen molar-refractivity contribution in [3.05, 3.63) is 63.9 Å². The Kier molecular flexibility index (Phi) is 2.83. The molecule has 2 N–H and O–H groups in total. The van der Waals surface area contributed by atoms with Crippen molar-refractivity contribution in [2.75, 3.05) is 0 Å². The first kappa shape index (κ1) is 12.5. The van der Waals surface area contributed by atoms with E-state index in [1.165, 1.54) is 0 Å². The minimum atomic E-state index is -0.269. The Morgan fingerprint density at radius 2 is 1.60 bits per heavy atom. The SMILES string of the molecule is Cc1ccc(C)c2c(O)c(-c3ccccc3)c(=O)[nH]c12. The highest BCUT2D eigenvalue weighted by molar-refractivity contribution is 5.95. The number of H-pyrrole nitrogens is 1. The number of benzene rings is 2. The van der Waals surface area contributed by atoms with E-state index in [0.29, 0.717) is 22.0 Å². The maximum atomic E-state index is 12.3. The van der Waals surface area contributed by atoms with E-state index >= 15 is 0 Å². The van der Waals surface area contributed by atoms with Crippen molar-refractivity contribution >= 4 is 10.9 Å². The fourth-order valence-electron chi connectivity index (χ4n) is 2.56. The molecule has 3 heteroatoms. The molecule has 0 saturated heterocycles. The third kappa shape index (κ3) is 1.79. The van der Waals surface area contributed by atoms with E-state index in [-0.39, 0.29) is 11.3 Å². The second-order valence-electron chi connectivity index (χ2n) is 4.99. The van der Waals surface area contributed by atoms with Gasteiger partial charge in [0.25, 0.3) is 5.56 Å². The number of aromatic amines is 1. The number of hydrogen-bond acceptors (Lipinski definition) is 2. The number of aromatic nitrogens is 1. The molecular formula is C17H15NO2. The molecule has 0 radical (unpaired) electrons. The Labute approximate surface area is 116 Å². The predicted molar refractivity (Wildman–Crippen MR) is 81.1 cm³/mol. The molecule has 0 amide bonds. The van der Waals surface area contributed by atoms with Crippen LogP contribution in [-0.2, 0) is 0 Å². The molecule has 0 atom stereocenters. The molecule has 3 aromatic rings. The van der Waals surface area contributed by atoms with E-state index in [1.807, 2.05) is 56.3 Å². The van der Waals surface area contributed by atoms with Crippen LogP contribution in [0.1, 0.15) is 11.1 Å². The molecule has 0 bridgehead atoms. The first-order valence-corrected chi connectivity index (χ1v) is 6.50. The summed E-state index contributed by atoms with van der Waals surface area (Å²) in [7, 11) is 0. The summed E-state index contributed by atoms with van der Waals surface area (Å²) < 4.78 is 0. The third-order valence-corrected chi connectivity index (χ3v) is 3.62. The molecule has 2 aromatic carbocycles. The van der Waals surface area contributed by atoms with Gasteiger partial charge in [-0.05, 0) is 30.5 Å². The van der Waals surface area contributed by atoms with E-state index in [1.54, 1.807) is 0 Å². The second-order valence-corrected chi connectivity index (χ2v) is 4.99. The molecule has 0 spiro atoms. The van der Waals surface area contributed by atoms with Crippen molar-refractivity contribution < 1.29 is 5.11 Å².